The van der Waals surface area contributed by atoms with Crippen LogP contribution in [0.2, 0.25) is 0 Å². The van der Waals surface area contributed by atoms with Crippen LogP contribution < -0.4 is 5.32 Å². The number of benzene rings is 1. The lowest BCUT2D eigenvalue weighted by molar-refractivity contribution is 0.436. The summed E-state index contributed by atoms with van der Waals surface area (Å²) in [6.45, 7) is 5.50. The second-order valence-electron chi connectivity index (χ2n) is 4.92. The zero-order chi connectivity index (χ0) is 13.2. The number of hydrogen-bond acceptors (Lipinski definition) is 1. The van der Waals surface area contributed by atoms with Gasteiger partial charge < -0.3 is 5.32 Å². The SMILES string of the molecule is CCCNC(CCC)CCCc1ccccc1F. The maximum absolute atomic E-state index is 13.4. The van der Waals surface area contributed by atoms with E-state index in [9.17, 15) is 4.39 Å². The summed E-state index contributed by atoms with van der Waals surface area (Å²) in [5, 5.41) is 3.58. The highest BCUT2D eigenvalue weighted by Crippen LogP contribution is 2.12. The van der Waals surface area contributed by atoms with Gasteiger partial charge in [0, 0.05) is 6.04 Å². The second kappa shape index (κ2) is 9.09. The molecule has 0 aliphatic heterocycles. The zero-order valence-corrected chi connectivity index (χ0v) is 11.7. The van der Waals surface area contributed by atoms with Crippen LogP contribution in [-0.4, -0.2) is 12.6 Å². The molecular formula is C16H26FN. The molecule has 1 rings (SSSR count). The van der Waals surface area contributed by atoms with Crippen molar-refractivity contribution in [1.82, 2.24) is 5.32 Å². The average Bonchev–Trinajstić information content (AvgIpc) is 2.38. The maximum atomic E-state index is 13.4. The predicted molar refractivity (Wildman–Crippen MR) is 76.3 cm³/mol. The first kappa shape index (κ1) is 15.2. The molecule has 0 spiro atoms. The van der Waals surface area contributed by atoms with E-state index in [1.807, 2.05) is 12.1 Å². The van der Waals surface area contributed by atoms with E-state index in [1.54, 1.807) is 12.1 Å². The molecule has 1 aromatic carbocycles. The molecule has 0 radical (unpaired) electrons. The molecule has 1 aromatic rings. The normalized spacial score (nSPS) is 12.6. The first-order valence-electron chi connectivity index (χ1n) is 7.24. The molecule has 1 atom stereocenters. The molecule has 2 heteroatoms. The molecule has 1 unspecified atom stereocenters. The van der Waals surface area contributed by atoms with Gasteiger partial charge in [-0.3, -0.25) is 0 Å². The molecule has 0 aliphatic carbocycles. The van der Waals surface area contributed by atoms with Gasteiger partial charge in [0.25, 0.3) is 0 Å². The van der Waals surface area contributed by atoms with Crippen molar-refractivity contribution in [3.05, 3.63) is 35.6 Å². The van der Waals surface area contributed by atoms with Crippen LogP contribution >= 0.6 is 0 Å². The number of aryl methyl sites for hydroxylation is 1. The van der Waals surface area contributed by atoms with Gasteiger partial charge in [0.1, 0.15) is 5.82 Å². The molecule has 0 aromatic heterocycles. The topological polar surface area (TPSA) is 12.0 Å². The number of hydrogen-bond donors (Lipinski definition) is 1. The van der Waals surface area contributed by atoms with Crippen LogP contribution in [0, 0.1) is 5.82 Å². The summed E-state index contributed by atoms with van der Waals surface area (Å²) in [5.41, 5.74) is 0.850. The van der Waals surface area contributed by atoms with Crippen LogP contribution in [0.4, 0.5) is 4.39 Å². The Kier molecular flexibility index (Phi) is 7.66. The van der Waals surface area contributed by atoms with Gasteiger partial charge >= 0.3 is 0 Å². The Bertz CT molecular complexity index is 325. The van der Waals surface area contributed by atoms with Gasteiger partial charge in [-0.25, -0.2) is 4.39 Å². The summed E-state index contributed by atoms with van der Waals surface area (Å²) >= 11 is 0. The maximum Gasteiger partial charge on any atom is 0.126 e. The fourth-order valence-electron chi connectivity index (χ4n) is 2.29. The Labute approximate surface area is 111 Å². The molecule has 0 saturated heterocycles. The van der Waals surface area contributed by atoms with Gasteiger partial charge in [0.2, 0.25) is 0 Å². The number of rotatable bonds is 9. The van der Waals surface area contributed by atoms with Crippen LogP contribution in [0.15, 0.2) is 24.3 Å². The fourth-order valence-corrected chi connectivity index (χ4v) is 2.29. The van der Waals surface area contributed by atoms with Crippen molar-refractivity contribution >= 4 is 0 Å². The largest absolute Gasteiger partial charge is 0.314 e. The Morgan fingerprint density at radius 3 is 2.56 bits per heavy atom. The first-order valence-corrected chi connectivity index (χ1v) is 7.24. The molecule has 18 heavy (non-hydrogen) atoms. The molecule has 1 N–H and O–H groups in total. The Balaban J connectivity index is 2.31. The van der Waals surface area contributed by atoms with Crippen molar-refractivity contribution in [2.45, 2.75) is 58.4 Å². The minimum Gasteiger partial charge on any atom is -0.314 e. The highest BCUT2D eigenvalue weighted by molar-refractivity contribution is 5.17. The lowest BCUT2D eigenvalue weighted by Gasteiger charge is -2.17. The van der Waals surface area contributed by atoms with E-state index in [2.05, 4.69) is 19.2 Å². The highest BCUT2D eigenvalue weighted by atomic mass is 19.1. The van der Waals surface area contributed by atoms with Gasteiger partial charge in [-0.05, 0) is 50.3 Å². The summed E-state index contributed by atoms with van der Waals surface area (Å²) in [5.74, 6) is -0.0638. The summed E-state index contributed by atoms with van der Waals surface area (Å²) < 4.78 is 13.4. The number of nitrogens with one attached hydrogen (secondary N) is 1. The fraction of sp³-hybridized carbons (Fsp3) is 0.625. The van der Waals surface area contributed by atoms with Crippen molar-refractivity contribution in [2.75, 3.05) is 6.54 Å². The molecule has 1 nitrogen and oxygen atoms in total. The van der Waals surface area contributed by atoms with Gasteiger partial charge in [-0.1, -0.05) is 38.5 Å². The monoisotopic (exact) mass is 251 g/mol. The van der Waals surface area contributed by atoms with Crippen molar-refractivity contribution in [2.24, 2.45) is 0 Å². The van der Waals surface area contributed by atoms with Crippen LogP contribution in [-0.2, 0) is 6.42 Å². The van der Waals surface area contributed by atoms with E-state index < -0.39 is 0 Å². The third-order valence-corrected chi connectivity index (χ3v) is 3.28. The Hall–Kier alpha value is -0.890. The molecule has 0 heterocycles. The van der Waals surface area contributed by atoms with Crippen molar-refractivity contribution in [1.29, 1.82) is 0 Å². The van der Waals surface area contributed by atoms with Crippen LogP contribution in [0.3, 0.4) is 0 Å². The van der Waals surface area contributed by atoms with Crippen LogP contribution in [0.1, 0.15) is 51.5 Å². The molecular weight excluding hydrogens is 225 g/mol. The van der Waals surface area contributed by atoms with Crippen molar-refractivity contribution in [3.63, 3.8) is 0 Å². The molecule has 0 bridgehead atoms. The first-order chi connectivity index (χ1) is 8.77. The standard InChI is InChI=1S/C16H26FN/c1-3-8-15(18-13-4-2)11-7-10-14-9-5-6-12-16(14)17/h5-6,9,12,15,18H,3-4,7-8,10-11,13H2,1-2H3. The average molecular weight is 251 g/mol. The van der Waals surface area contributed by atoms with Crippen molar-refractivity contribution < 1.29 is 4.39 Å². The number of halogens is 1. The zero-order valence-electron chi connectivity index (χ0n) is 11.7. The summed E-state index contributed by atoms with van der Waals surface area (Å²) in [4.78, 5) is 0. The second-order valence-corrected chi connectivity index (χ2v) is 4.92. The van der Waals surface area contributed by atoms with E-state index in [4.69, 9.17) is 0 Å². The summed E-state index contributed by atoms with van der Waals surface area (Å²) in [7, 11) is 0. The molecule has 0 saturated carbocycles. The summed E-state index contributed by atoms with van der Waals surface area (Å²) in [6.07, 6.45) is 6.65. The van der Waals surface area contributed by atoms with E-state index in [0.717, 1.165) is 31.4 Å². The lowest BCUT2D eigenvalue weighted by atomic mass is 10.0. The third-order valence-electron chi connectivity index (χ3n) is 3.28. The minimum absolute atomic E-state index is 0.0638. The lowest BCUT2D eigenvalue weighted by Crippen LogP contribution is -2.29. The van der Waals surface area contributed by atoms with Gasteiger partial charge in [0.15, 0.2) is 0 Å². The molecule has 0 aliphatic rings. The van der Waals surface area contributed by atoms with Crippen molar-refractivity contribution in [3.8, 4) is 0 Å². The van der Waals surface area contributed by atoms with Gasteiger partial charge in [-0.15, -0.1) is 0 Å². The quantitative estimate of drug-likeness (QED) is 0.689. The predicted octanol–water partition coefficient (Wildman–Crippen LogP) is 4.32. The Morgan fingerprint density at radius 2 is 1.89 bits per heavy atom. The minimum atomic E-state index is -0.0638. The van der Waals surface area contributed by atoms with E-state index in [1.165, 1.54) is 19.3 Å². The highest BCUT2D eigenvalue weighted by Gasteiger charge is 2.07. The van der Waals surface area contributed by atoms with Crippen LogP contribution in [0.25, 0.3) is 0 Å². The third kappa shape index (κ3) is 5.63. The molecule has 102 valence electrons. The van der Waals surface area contributed by atoms with E-state index >= 15 is 0 Å². The van der Waals surface area contributed by atoms with Gasteiger partial charge in [-0.2, -0.15) is 0 Å². The summed E-state index contributed by atoms with van der Waals surface area (Å²) in [6, 6.07) is 7.71. The Morgan fingerprint density at radius 1 is 1.11 bits per heavy atom. The smallest absolute Gasteiger partial charge is 0.126 e. The van der Waals surface area contributed by atoms with Gasteiger partial charge in [0.05, 0.1) is 0 Å². The van der Waals surface area contributed by atoms with E-state index in [-0.39, 0.29) is 5.82 Å². The molecule has 0 fully saturated rings. The van der Waals surface area contributed by atoms with Crippen LogP contribution in [0.5, 0.6) is 0 Å². The van der Waals surface area contributed by atoms with E-state index in [0.29, 0.717) is 6.04 Å². The molecule has 0 amide bonds.